The molecule has 1 aliphatic heterocycles. The molecule has 1 aliphatic rings. The van der Waals surface area contributed by atoms with E-state index in [1.165, 1.54) is 11.6 Å². The Kier molecular flexibility index (Phi) is 5.76. The Hall–Kier alpha value is -2.56. The maximum absolute atomic E-state index is 13.8. The van der Waals surface area contributed by atoms with Gasteiger partial charge in [-0.05, 0) is 55.2 Å². The van der Waals surface area contributed by atoms with E-state index in [4.69, 9.17) is 9.47 Å². The fraction of sp³-hybridized carbons (Fsp3) is 0.381. The van der Waals surface area contributed by atoms with Crippen LogP contribution in [-0.4, -0.2) is 30.6 Å². The Morgan fingerprint density at radius 1 is 1.08 bits per heavy atom. The van der Waals surface area contributed by atoms with Crippen LogP contribution < -0.4 is 9.47 Å². The van der Waals surface area contributed by atoms with E-state index in [2.05, 4.69) is 0 Å². The molecule has 0 saturated carbocycles. The van der Waals surface area contributed by atoms with Crippen molar-refractivity contribution in [2.45, 2.75) is 33.2 Å². The lowest BCUT2D eigenvalue weighted by Gasteiger charge is -2.30. The van der Waals surface area contributed by atoms with Crippen molar-refractivity contribution in [2.24, 2.45) is 0 Å². The van der Waals surface area contributed by atoms with Gasteiger partial charge in [0.05, 0.1) is 19.6 Å². The molecule has 0 bridgehead atoms. The second-order valence-electron chi connectivity index (χ2n) is 6.27. The van der Waals surface area contributed by atoms with Crippen molar-refractivity contribution >= 4 is 5.91 Å². The Bertz CT molecular complexity index is 791. The van der Waals surface area contributed by atoms with Crippen LogP contribution in [0.3, 0.4) is 0 Å². The number of carbonyl (C=O) groups excluding carboxylic acids is 1. The minimum Gasteiger partial charge on any atom is -0.490 e. The fourth-order valence-electron chi connectivity index (χ4n) is 3.23. The van der Waals surface area contributed by atoms with Gasteiger partial charge in [0, 0.05) is 13.1 Å². The van der Waals surface area contributed by atoms with Gasteiger partial charge in [-0.25, -0.2) is 4.39 Å². The molecule has 26 heavy (non-hydrogen) atoms. The molecule has 2 aromatic rings. The van der Waals surface area contributed by atoms with Crippen molar-refractivity contribution in [3.05, 3.63) is 58.9 Å². The molecule has 0 fully saturated rings. The van der Waals surface area contributed by atoms with Crippen molar-refractivity contribution in [1.82, 2.24) is 4.90 Å². The third-order valence-electron chi connectivity index (χ3n) is 4.53. The highest BCUT2D eigenvalue weighted by Gasteiger charge is 2.23. The summed E-state index contributed by atoms with van der Waals surface area (Å²) in [6, 6.07) is 10.4. The molecule has 0 aliphatic carbocycles. The van der Waals surface area contributed by atoms with Crippen LogP contribution in [0.4, 0.5) is 4.39 Å². The summed E-state index contributed by atoms with van der Waals surface area (Å²) in [5.41, 5.74) is 2.67. The largest absolute Gasteiger partial charge is 0.490 e. The van der Waals surface area contributed by atoms with Crippen molar-refractivity contribution in [2.75, 3.05) is 19.8 Å². The van der Waals surface area contributed by atoms with Crippen LogP contribution >= 0.6 is 0 Å². The van der Waals surface area contributed by atoms with Gasteiger partial charge in [0.2, 0.25) is 5.91 Å². The minimum absolute atomic E-state index is 0.0624. The predicted octanol–water partition coefficient (Wildman–Crippen LogP) is 3.75. The molecular weight excluding hydrogens is 333 g/mol. The van der Waals surface area contributed by atoms with E-state index in [0.717, 1.165) is 17.7 Å². The summed E-state index contributed by atoms with van der Waals surface area (Å²) in [5, 5.41) is 0. The first-order valence-electron chi connectivity index (χ1n) is 9.05. The maximum Gasteiger partial charge on any atom is 0.227 e. The summed E-state index contributed by atoms with van der Waals surface area (Å²) < 4.78 is 25.2. The van der Waals surface area contributed by atoms with Crippen molar-refractivity contribution in [3.8, 4) is 11.5 Å². The smallest absolute Gasteiger partial charge is 0.227 e. The molecule has 3 rings (SSSR count). The first-order valence-corrected chi connectivity index (χ1v) is 9.05. The molecule has 0 spiro atoms. The Morgan fingerprint density at radius 2 is 1.73 bits per heavy atom. The third-order valence-corrected chi connectivity index (χ3v) is 4.53. The molecule has 2 aromatic carbocycles. The van der Waals surface area contributed by atoms with Crippen molar-refractivity contribution < 1.29 is 18.7 Å². The highest BCUT2D eigenvalue weighted by molar-refractivity contribution is 5.79. The van der Waals surface area contributed by atoms with E-state index < -0.39 is 0 Å². The topological polar surface area (TPSA) is 38.8 Å². The monoisotopic (exact) mass is 357 g/mol. The molecule has 0 N–H and O–H groups in total. The number of hydrogen-bond donors (Lipinski definition) is 0. The molecular formula is C21H24FNO3. The molecule has 0 unspecified atom stereocenters. The molecule has 5 heteroatoms. The lowest BCUT2D eigenvalue weighted by Crippen LogP contribution is -2.37. The van der Waals surface area contributed by atoms with E-state index in [-0.39, 0.29) is 18.1 Å². The number of benzene rings is 2. The van der Waals surface area contributed by atoms with Crippen LogP contribution in [0, 0.1) is 5.82 Å². The Balaban J connectivity index is 1.77. The molecule has 138 valence electrons. The van der Waals surface area contributed by atoms with E-state index in [9.17, 15) is 9.18 Å². The van der Waals surface area contributed by atoms with Gasteiger partial charge in [-0.3, -0.25) is 4.79 Å². The average Bonchev–Trinajstić information content (AvgIpc) is 2.64. The van der Waals surface area contributed by atoms with Crippen LogP contribution in [0.1, 0.15) is 30.5 Å². The lowest BCUT2D eigenvalue weighted by atomic mass is 9.98. The molecule has 0 saturated heterocycles. The van der Waals surface area contributed by atoms with Crippen molar-refractivity contribution in [1.29, 1.82) is 0 Å². The summed E-state index contributed by atoms with van der Waals surface area (Å²) in [6.45, 7) is 6.13. The number of halogens is 1. The minimum atomic E-state index is -0.335. The van der Waals surface area contributed by atoms with E-state index in [1.54, 1.807) is 23.1 Å². The van der Waals surface area contributed by atoms with Gasteiger partial charge in [0.15, 0.2) is 11.5 Å². The fourth-order valence-corrected chi connectivity index (χ4v) is 3.23. The molecule has 1 heterocycles. The van der Waals surface area contributed by atoms with E-state index in [1.807, 2.05) is 26.0 Å². The van der Waals surface area contributed by atoms with Gasteiger partial charge in [0.1, 0.15) is 5.82 Å². The Morgan fingerprint density at radius 3 is 2.38 bits per heavy atom. The van der Waals surface area contributed by atoms with Gasteiger partial charge >= 0.3 is 0 Å². The normalized spacial score (nSPS) is 13.3. The Labute approximate surface area is 153 Å². The third kappa shape index (κ3) is 3.98. The standard InChI is InChI=1S/C21H24FNO3/c1-3-25-19-11-15-9-10-23(14-17(15)12-20(19)26-4-2)21(24)13-16-7-5-6-8-18(16)22/h5-8,11-12H,3-4,9-10,13-14H2,1-2H3. The molecule has 0 aromatic heterocycles. The zero-order valence-corrected chi connectivity index (χ0v) is 15.3. The molecule has 0 atom stereocenters. The second kappa shape index (κ2) is 8.21. The van der Waals surface area contributed by atoms with Gasteiger partial charge in [-0.1, -0.05) is 18.2 Å². The number of hydrogen-bond acceptors (Lipinski definition) is 3. The summed E-state index contributed by atoms with van der Waals surface area (Å²) in [7, 11) is 0. The molecule has 4 nitrogen and oxygen atoms in total. The van der Waals surface area contributed by atoms with Crippen LogP contribution in [0.2, 0.25) is 0 Å². The zero-order chi connectivity index (χ0) is 18.5. The van der Waals surface area contributed by atoms with Crippen LogP contribution in [0.5, 0.6) is 11.5 Å². The van der Waals surface area contributed by atoms with Crippen molar-refractivity contribution in [3.63, 3.8) is 0 Å². The predicted molar refractivity (Wildman–Crippen MR) is 98.0 cm³/mol. The number of nitrogens with zero attached hydrogens (tertiary/aromatic N) is 1. The highest BCUT2D eigenvalue weighted by atomic mass is 19.1. The summed E-state index contributed by atoms with van der Waals surface area (Å²) in [4.78, 5) is 14.4. The lowest BCUT2D eigenvalue weighted by molar-refractivity contribution is -0.131. The number of amides is 1. The maximum atomic E-state index is 13.8. The van der Waals surface area contributed by atoms with Gasteiger partial charge in [-0.2, -0.15) is 0 Å². The second-order valence-corrected chi connectivity index (χ2v) is 6.27. The van der Waals surface area contributed by atoms with Gasteiger partial charge in [0.25, 0.3) is 0 Å². The van der Waals surface area contributed by atoms with Crippen LogP contribution in [-0.2, 0) is 24.2 Å². The first-order chi connectivity index (χ1) is 12.6. The van der Waals surface area contributed by atoms with Gasteiger partial charge in [-0.15, -0.1) is 0 Å². The van der Waals surface area contributed by atoms with E-state index in [0.29, 0.717) is 37.6 Å². The number of ether oxygens (including phenoxy) is 2. The molecule has 1 amide bonds. The summed E-state index contributed by atoms with van der Waals surface area (Å²) in [5.74, 6) is 1.06. The summed E-state index contributed by atoms with van der Waals surface area (Å²) in [6.07, 6.45) is 0.835. The molecule has 0 radical (unpaired) electrons. The SMILES string of the molecule is CCOc1cc2c(cc1OCC)CN(C(=O)Cc1ccccc1F)CC2. The van der Waals surface area contributed by atoms with Gasteiger partial charge < -0.3 is 14.4 Å². The quantitative estimate of drug-likeness (QED) is 0.790. The average molecular weight is 357 g/mol. The number of fused-ring (bicyclic) bond motifs is 1. The van der Waals surface area contributed by atoms with E-state index >= 15 is 0 Å². The zero-order valence-electron chi connectivity index (χ0n) is 15.3. The highest BCUT2D eigenvalue weighted by Crippen LogP contribution is 2.34. The first kappa shape index (κ1) is 18.2. The van der Waals surface area contributed by atoms with Crippen LogP contribution in [0.15, 0.2) is 36.4 Å². The summed E-state index contributed by atoms with van der Waals surface area (Å²) >= 11 is 0. The van der Waals surface area contributed by atoms with Crippen LogP contribution in [0.25, 0.3) is 0 Å². The number of rotatable bonds is 6. The number of carbonyl (C=O) groups is 1.